The fraction of sp³-hybridized carbons (Fsp3) is 0.429. The first-order valence-corrected chi connectivity index (χ1v) is 3.49. The van der Waals surface area contributed by atoms with Gasteiger partial charge in [0.2, 0.25) is 0 Å². The average molecular weight is 151 g/mol. The Kier molecular flexibility index (Phi) is 1.07. The minimum Gasteiger partial charge on any atom is -0.321 e. The van der Waals surface area contributed by atoms with E-state index in [0.29, 0.717) is 6.54 Å². The predicted octanol–water partition coefficient (Wildman–Crippen LogP) is 0.605. The van der Waals surface area contributed by atoms with E-state index in [1.165, 1.54) is 0 Å². The highest BCUT2D eigenvalue weighted by atomic mass is 16.2. The van der Waals surface area contributed by atoms with Gasteiger partial charge >= 0.3 is 6.03 Å². The van der Waals surface area contributed by atoms with E-state index < -0.39 is 0 Å². The van der Waals surface area contributed by atoms with Gasteiger partial charge in [0, 0.05) is 7.05 Å². The minimum atomic E-state index is 0.0231. The molecule has 1 aliphatic heterocycles. The number of nitrogens with zero attached hydrogens (tertiary/aromatic N) is 3. The standard InChI is InChI=1S/C7H9N3O/c1-5-8-3-6-4-9(2)7(11)10(5)6/h3H,4H2,1-2H3. The van der Waals surface area contributed by atoms with Crippen molar-refractivity contribution in [3.05, 3.63) is 17.7 Å². The van der Waals surface area contributed by atoms with Gasteiger partial charge in [0.1, 0.15) is 5.82 Å². The summed E-state index contributed by atoms with van der Waals surface area (Å²) < 4.78 is 1.64. The number of carbonyl (C=O) groups is 1. The summed E-state index contributed by atoms with van der Waals surface area (Å²) in [5, 5.41) is 0. The molecule has 4 nitrogen and oxygen atoms in total. The molecule has 0 spiro atoms. The SMILES string of the molecule is Cc1ncc2n1C(=O)N(C)C2. The Hall–Kier alpha value is -1.32. The fourth-order valence-electron chi connectivity index (χ4n) is 1.35. The van der Waals surface area contributed by atoms with Crippen LogP contribution in [0.25, 0.3) is 0 Å². The van der Waals surface area contributed by atoms with Crippen molar-refractivity contribution >= 4 is 6.03 Å². The molecule has 2 rings (SSSR count). The van der Waals surface area contributed by atoms with E-state index >= 15 is 0 Å². The van der Waals surface area contributed by atoms with Crippen LogP contribution in [0.3, 0.4) is 0 Å². The summed E-state index contributed by atoms with van der Waals surface area (Å²) in [4.78, 5) is 17.0. The molecule has 1 aromatic rings. The monoisotopic (exact) mass is 151 g/mol. The van der Waals surface area contributed by atoms with Crippen molar-refractivity contribution in [1.82, 2.24) is 14.5 Å². The summed E-state index contributed by atoms with van der Waals surface area (Å²) in [5.74, 6) is 0.773. The molecule has 58 valence electrons. The van der Waals surface area contributed by atoms with Crippen LogP contribution in [0.2, 0.25) is 0 Å². The van der Waals surface area contributed by atoms with Crippen molar-refractivity contribution in [3.8, 4) is 0 Å². The third kappa shape index (κ3) is 0.691. The van der Waals surface area contributed by atoms with Crippen LogP contribution in [0.15, 0.2) is 6.20 Å². The van der Waals surface area contributed by atoms with Crippen LogP contribution in [0.4, 0.5) is 4.79 Å². The first kappa shape index (κ1) is 6.39. The van der Waals surface area contributed by atoms with Gasteiger partial charge in [-0.15, -0.1) is 0 Å². The maximum absolute atomic E-state index is 11.3. The molecule has 2 heterocycles. The van der Waals surface area contributed by atoms with Crippen LogP contribution < -0.4 is 0 Å². The molecule has 0 N–H and O–H groups in total. The summed E-state index contributed by atoms with van der Waals surface area (Å²) in [6, 6.07) is 0.0231. The molecule has 1 aliphatic rings. The van der Waals surface area contributed by atoms with Crippen molar-refractivity contribution in [3.63, 3.8) is 0 Å². The van der Waals surface area contributed by atoms with Gasteiger partial charge in [-0.3, -0.25) is 4.57 Å². The van der Waals surface area contributed by atoms with Crippen LogP contribution in [-0.4, -0.2) is 27.5 Å². The zero-order valence-corrected chi connectivity index (χ0v) is 6.53. The van der Waals surface area contributed by atoms with Crippen molar-refractivity contribution in [1.29, 1.82) is 0 Å². The number of fused-ring (bicyclic) bond motifs is 1. The molecule has 0 fully saturated rings. The first-order valence-electron chi connectivity index (χ1n) is 3.49. The average Bonchev–Trinajstić information content (AvgIpc) is 2.41. The Labute approximate surface area is 64.4 Å². The fourth-order valence-corrected chi connectivity index (χ4v) is 1.35. The lowest BCUT2D eigenvalue weighted by Gasteiger charge is -2.05. The van der Waals surface area contributed by atoms with Gasteiger partial charge in [-0.25, -0.2) is 9.78 Å². The zero-order valence-electron chi connectivity index (χ0n) is 6.53. The highest BCUT2D eigenvalue weighted by Crippen LogP contribution is 2.15. The van der Waals surface area contributed by atoms with Crippen molar-refractivity contribution < 1.29 is 4.79 Å². The Morgan fingerprint density at radius 2 is 2.36 bits per heavy atom. The van der Waals surface area contributed by atoms with Crippen LogP contribution in [-0.2, 0) is 6.54 Å². The summed E-state index contributed by atoms with van der Waals surface area (Å²) in [6.45, 7) is 2.51. The molecule has 0 radical (unpaired) electrons. The van der Waals surface area contributed by atoms with Gasteiger partial charge in [0.25, 0.3) is 0 Å². The summed E-state index contributed by atoms with van der Waals surface area (Å²) >= 11 is 0. The number of amides is 1. The molecule has 0 saturated heterocycles. The molecule has 0 saturated carbocycles. The number of hydrogen-bond donors (Lipinski definition) is 0. The van der Waals surface area contributed by atoms with Crippen LogP contribution >= 0.6 is 0 Å². The predicted molar refractivity (Wildman–Crippen MR) is 39.2 cm³/mol. The van der Waals surface area contributed by atoms with E-state index in [0.717, 1.165) is 11.5 Å². The Bertz CT molecular complexity index is 315. The van der Waals surface area contributed by atoms with Crippen LogP contribution in [0.1, 0.15) is 11.5 Å². The number of carbonyl (C=O) groups excluding carboxylic acids is 1. The highest BCUT2D eigenvalue weighted by molar-refractivity contribution is 5.80. The smallest absolute Gasteiger partial charge is 0.321 e. The van der Waals surface area contributed by atoms with Gasteiger partial charge in [-0.1, -0.05) is 0 Å². The molecular formula is C7H9N3O. The third-order valence-electron chi connectivity index (χ3n) is 1.93. The summed E-state index contributed by atoms with van der Waals surface area (Å²) in [7, 11) is 1.79. The number of hydrogen-bond acceptors (Lipinski definition) is 2. The maximum Gasteiger partial charge on any atom is 0.329 e. The first-order chi connectivity index (χ1) is 5.20. The second-order valence-electron chi connectivity index (χ2n) is 2.77. The summed E-state index contributed by atoms with van der Waals surface area (Å²) in [5.41, 5.74) is 0.981. The second-order valence-corrected chi connectivity index (χ2v) is 2.77. The van der Waals surface area contributed by atoms with Gasteiger partial charge < -0.3 is 4.90 Å². The maximum atomic E-state index is 11.3. The van der Waals surface area contributed by atoms with E-state index in [-0.39, 0.29) is 6.03 Å². The van der Waals surface area contributed by atoms with E-state index in [1.807, 2.05) is 6.92 Å². The molecule has 0 aliphatic carbocycles. The quantitative estimate of drug-likeness (QED) is 0.544. The number of rotatable bonds is 0. The van der Waals surface area contributed by atoms with Crippen molar-refractivity contribution in [2.45, 2.75) is 13.5 Å². The van der Waals surface area contributed by atoms with E-state index in [4.69, 9.17) is 0 Å². The lowest BCUT2D eigenvalue weighted by Crippen LogP contribution is -2.22. The van der Waals surface area contributed by atoms with Crippen molar-refractivity contribution in [2.75, 3.05) is 7.05 Å². The second kappa shape index (κ2) is 1.84. The molecule has 1 amide bonds. The molecule has 1 aromatic heterocycles. The molecule has 11 heavy (non-hydrogen) atoms. The topological polar surface area (TPSA) is 38.1 Å². The minimum absolute atomic E-state index is 0.0231. The van der Waals surface area contributed by atoms with E-state index in [1.54, 1.807) is 22.7 Å². The van der Waals surface area contributed by atoms with E-state index in [2.05, 4.69) is 4.98 Å². The Morgan fingerprint density at radius 1 is 1.64 bits per heavy atom. The van der Waals surface area contributed by atoms with Gasteiger partial charge in [0.15, 0.2) is 0 Å². The highest BCUT2D eigenvalue weighted by Gasteiger charge is 2.25. The zero-order chi connectivity index (χ0) is 8.01. The lowest BCUT2D eigenvalue weighted by molar-refractivity contribution is 0.219. The van der Waals surface area contributed by atoms with Crippen molar-refractivity contribution in [2.24, 2.45) is 0 Å². The number of imidazole rings is 1. The normalized spacial score (nSPS) is 15.8. The molecule has 0 aromatic carbocycles. The Balaban J connectivity index is 2.58. The molecule has 4 heteroatoms. The van der Waals surface area contributed by atoms with Gasteiger partial charge in [0.05, 0.1) is 18.4 Å². The van der Waals surface area contributed by atoms with Gasteiger partial charge in [-0.2, -0.15) is 0 Å². The van der Waals surface area contributed by atoms with Crippen LogP contribution in [0.5, 0.6) is 0 Å². The number of aryl methyl sites for hydroxylation is 1. The largest absolute Gasteiger partial charge is 0.329 e. The lowest BCUT2D eigenvalue weighted by atomic mass is 10.5. The third-order valence-corrected chi connectivity index (χ3v) is 1.93. The van der Waals surface area contributed by atoms with Gasteiger partial charge in [-0.05, 0) is 6.92 Å². The van der Waals surface area contributed by atoms with E-state index in [9.17, 15) is 4.79 Å². The molecule has 0 bridgehead atoms. The molecule has 0 atom stereocenters. The molecule has 0 unspecified atom stereocenters. The van der Waals surface area contributed by atoms with Crippen LogP contribution in [0, 0.1) is 6.92 Å². The molecular weight excluding hydrogens is 142 g/mol. The Morgan fingerprint density at radius 3 is 3.00 bits per heavy atom. The summed E-state index contributed by atoms with van der Waals surface area (Å²) in [6.07, 6.45) is 1.75. The number of aromatic nitrogens is 2.